The minimum atomic E-state index is -0.752. The summed E-state index contributed by atoms with van der Waals surface area (Å²) in [5, 5.41) is 29.3. The van der Waals surface area contributed by atoms with Crippen molar-refractivity contribution in [1.82, 2.24) is 14.8 Å². The van der Waals surface area contributed by atoms with E-state index in [-0.39, 0.29) is 19.8 Å². The zero-order valence-corrected chi connectivity index (χ0v) is 30.9. The molecule has 0 aliphatic carbocycles. The van der Waals surface area contributed by atoms with Crippen LogP contribution in [0, 0.1) is 18.3 Å². The Bertz CT molecular complexity index is 1920. The zero-order chi connectivity index (χ0) is 36.5. The van der Waals surface area contributed by atoms with E-state index in [2.05, 4.69) is 27.8 Å². The van der Waals surface area contributed by atoms with E-state index in [1.807, 2.05) is 48.5 Å². The molecule has 1 aromatic heterocycles. The summed E-state index contributed by atoms with van der Waals surface area (Å²) in [6.07, 6.45) is 8.65. The molecule has 3 heterocycles. The molecule has 0 bridgehead atoms. The summed E-state index contributed by atoms with van der Waals surface area (Å²) < 4.78 is 18.8. The largest absolute Gasteiger partial charge is 0.488 e. The Hall–Kier alpha value is -4.14. The number of likely N-dealkylation sites (tertiary alicyclic amines) is 2. The molecule has 0 spiro atoms. The molecule has 4 aromatic rings. The van der Waals surface area contributed by atoms with E-state index < -0.39 is 6.10 Å². The van der Waals surface area contributed by atoms with Crippen LogP contribution in [0.15, 0.2) is 78.8 Å². The molecule has 0 amide bonds. The lowest BCUT2D eigenvalue weighted by atomic mass is 9.96. The van der Waals surface area contributed by atoms with Crippen molar-refractivity contribution in [3.63, 3.8) is 0 Å². The van der Waals surface area contributed by atoms with Gasteiger partial charge in [-0.25, -0.2) is 0 Å². The predicted octanol–water partition coefficient (Wildman–Crippen LogP) is 7.70. The fourth-order valence-electron chi connectivity index (χ4n) is 6.69. The molecule has 2 fully saturated rings. The molecule has 2 saturated heterocycles. The summed E-state index contributed by atoms with van der Waals surface area (Å²) in [5.74, 6) is 1.76. The summed E-state index contributed by atoms with van der Waals surface area (Å²) in [4.78, 5) is 8.69. The summed E-state index contributed by atoms with van der Waals surface area (Å²) in [6, 6.07) is 19.5. The number of aliphatic hydroxyl groups is 2. The van der Waals surface area contributed by atoms with Gasteiger partial charge >= 0.3 is 0 Å². The molecule has 2 N–H and O–H groups in total. The predicted molar refractivity (Wildman–Crippen MR) is 203 cm³/mol. The highest BCUT2D eigenvalue weighted by Crippen LogP contribution is 2.39. The average molecular weight is 744 g/mol. The maximum absolute atomic E-state index is 9.79. The van der Waals surface area contributed by atoms with E-state index >= 15 is 0 Å². The molecule has 1 unspecified atom stereocenters. The van der Waals surface area contributed by atoms with Crippen LogP contribution in [0.4, 0.5) is 0 Å². The molecule has 0 saturated carbocycles. The van der Waals surface area contributed by atoms with Crippen LogP contribution < -0.4 is 14.2 Å². The van der Waals surface area contributed by atoms with Gasteiger partial charge in [0.2, 0.25) is 0 Å². The van der Waals surface area contributed by atoms with Crippen molar-refractivity contribution >= 4 is 23.2 Å². The molecular weight excluding hydrogens is 699 g/mol. The third-order valence-electron chi connectivity index (χ3n) is 9.57. The molecule has 6 rings (SSSR count). The quantitative estimate of drug-likeness (QED) is 0.126. The first-order valence-electron chi connectivity index (χ1n) is 17.7. The molecule has 272 valence electrons. The van der Waals surface area contributed by atoms with Crippen molar-refractivity contribution in [2.24, 2.45) is 0 Å². The number of aliphatic hydroxyl groups excluding tert-OH is 2. The van der Waals surface area contributed by atoms with E-state index in [9.17, 15) is 10.4 Å². The van der Waals surface area contributed by atoms with Crippen LogP contribution in [0.25, 0.3) is 11.1 Å². The van der Waals surface area contributed by atoms with Crippen LogP contribution >= 0.6 is 23.2 Å². The first-order chi connectivity index (χ1) is 25.3. The van der Waals surface area contributed by atoms with E-state index in [0.29, 0.717) is 45.9 Å². The highest BCUT2D eigenvalue weighted by Gasteiger charge is 2.21. The molecule has 11 heteroatoms. The van der Waals surface area contributed by atoms with Gasteiger partial charge in [-0.3, -0.25) is 14.8 Å². The Labute approximate surface area is 315 Å². The van der Waals surface area contributed by atoms with Gasteiger partial charge in [-0.1, -0.05) is 60.0 Å². The minimum Gasteiger partial charge on any atom is -0.488 e. The number of piperidine rings is 1. The number of hydrogen-bond acceptors (Lipinski definition) is 9. The van der Waals surface area contributed by atoms with E-state index in [1.165, 1.54) is 25.5 Å². The summed E-state index contributed by atoms with van der Waals surface area (Å²) in [7, 11) is 0. The number of aromatic nitrogens is 1. The highest BCUT2D eigenvalue weighted by molar-refractivity contribution is 6.35. The van der Waals surface area contributed by atoms with Gasteiger partial charge in [0, 0.05) is 61.3 Å². The molecule has 3 aromatic carbocycles. The van der Waals surface area contributed by atoms with Crippen LogP contribution in [-0.4, -0.2) is 70.4 Å². The zero-order valence-electron chi connectivity index (χ0n) is 29.4. The first-order valence-corrected chi connectivity index (χ1v) is 18.4. The number of rotatable bonds is 14. The molecule has 2 aliphatic rings. The number of nitriles is 1. The summed E-state index contributed by atoms with van der Waals surface area (Å²) in [6.45, 7) is 7.01. The van der Waals surface area contributed by atoms with Gasteiger partial charge in [-0.15, -0.1) is 0 Å². The van der Waals surface area contributed by atoms with Gasteiger partial charge in [0.1, 0.15) is 36.5 Å². The molecule has 0 radical (unpaired) electrons. The Morgan fingerprint density at radius 1 is 0.904 bits per heavy atom. The third-order valence-corrected chi connectivity index (χ3v) is 10.3. The normalized spacial score (nSPS) is 16.5. The standard InChI is InChI=1S/C41H44Cl2N4O5/c1-28-32(7-5-8-35(28)36-9-6-10-38(41(36)43)50-25-29-11-14-47(21-29)23-34(49)24-48)27-52-40-17-39(51-26-31-15-30(18-44)19-45-20-31)33(16-37(40)42)22-46-12-3-2-4-13-46/h5-10,15-17,19-20,25,34,48-49H,2-4,11-14,21-24,26-27H2,1H3/b29-25+. The molecule has 1 atom stereocenters. The van der Waals surface area contributed by atoms with Crippen molar-refractivity contribution in [3.8, 4) is 34.4 Å². The average Bonchev–Trinajstić information content (AvgIpc) is 3.61. The lowest BCUT2D eigenvalue weighted by Gasteiger charge is -2.27. The van der Waals surface area contributed by atoms with Gasteiger partial charge in [0.25, 0.3) is 0 Å². The second-order valence-corrected chi connectivity index (χ2v) is 14.2. The van der Waals surface area contributed by atoms with E-state index in [4.69, 9.17) is 42.5 Å². The highest BCUT2D eigenvalue weighted by atomic mass is 35.5. The fourth-order valence-corrected chi connectivity index (χ4v) is 7.20. The van der Waals surface area contributed by atoms with Gasteiger partial charge in [0.15, 0.2) is 0 Å². The fraction of sp³-hybridized carbons (Fsp3) is 0.366. The van der Waals surface area contributed by atoms with E-state index in [0.717, 1.165) is 71.6 Å². The number of halogens is 2. The number of benzene rings is 3. The van der Waals surface area contributed by atoms with Crippen LogP contribution in [0.2, 0.25) is 10.0 Å². The lowest BCUT2D eigenvalue weighted by Crippen LogP contribution is -2.32. The number of pyridine rings is 1. The number of ether oxygens (including phenoxy) is 3. The van der Waals surface area contributed by atoms with E-state index in [1.54, 1.807) is 18.5 Å². The minimum absolute atomic E-state index is 0.253. The Balaban J connectivity index is 1.18. The number of nitrogens with zero attached hydrogens (tertiary/aromatic N) is 4. The Morgan fingerprint density at radius 3 is 2.50 bits per heavy atom. The number of β-amino-alcohol motifs (C(OH)–C–C–N with tert-alkyl or cyclic N) is 1. The Kier molecular flexibility index (Phi) is 13.1. The van der Waals surface area contributed by atoms with Gasteiger partial charge in [-0.05, 0) is 79.7 Å². The lowest BCUT2D eigenvalue weighted by molar-refractivity contribution is 0.0668. The van der Waals surface area contributed by atoms with Crippen LogP contribution in [0.5, 0.6) is 17.2 Å². The van der Waals surface area contributed by atoms with Gasteiger partial charge in [-0.2, -0.15) is 5.26 Å². The molecule has 2 aliphatic heterocycles. The monoisotopic (exact) mass is 742 g/mol. The van der Waals surface area contributed by atoms with Crippen molar-refractivity contribution in [2.45, 2.75) is 58.5 Å². The van der Waals surface area contributed by atoms with Crippen LogP contribution in [0.1, 0.15) is 53.5 Å². The van der Waals surface area contributed by atoms with Crippen molar-refractivity contribution in [1.29, 1.82) is 5.26 Å². The second kappa shape index (κ2) is 18.1. The van der Waals surface area contributed by atoms with Gasteiger partial charge < -0.3 is 24.4 Å². The maximum atomic E-state index is 9.79. The summed E-state index contributed by atoms with van der Waals surface area (Å²) in [5.41, 5.74) is 7.19. The third kappa shape index (κ3) is 9.64. The Morgan fingerprint density at radius 2 is 1.69 bits per heavy atom. The van der Waals surface area contributed by atoms with Crippen molar-refractivity contribution in [2.75, 3.05) is 39.3 Å². The first kappa shape index (κ1) is 37.6. The second-order valence-electron chi connectivity index (χ2n) is 13.4. The molecule has 9 nitrogen and oxygen atoms in total. The van der Waals surface area contributed by atoms with Crippen LogP contribution in [0.3, 0.4) is 0 Å². The summed E-state index contributed by atoms with van der Waals surface area (Å²) >= 11 is 13.8. The van der Waals surface area contributed by atoms with Crippen molar-refractivity contribution in [3.05, 3.63) is 117 Å². The number of hydrogen-bond donors (Lipinski definition) is 2. The maximum Gasteiger partial charge on any atom is 0.145 e. The molecular formula is C41H44Cl2N4O5. The smallest absolute Gasteiger partial charge is 0.145 e. The molecule has 52 heavy (non-hydrogen) atoms. The SMILES string of the molecule is Cc1c(COc2cc(OCc3cncc(C#N)c3)c(CN3CCCCC3)cc2Cl)cccc1-c1cccc(O/C=C2\CCN(CC(O)CO)C2)c1Cl. The topological polar surface area (TPSA) is 111 Å². The van der Waals surface area contributed by atoms with Crippen molar-refractivity contribution < 1.29 is 24.4 Å². The van der Waals surface area contributed by atoms with Crippen LogP contribution in [-0.2, 0) is 19.8 Å². The van der Waals surface area contributed by atoms with Gasteiger partial charge in [0.05, 0.1) is 34.6 Å².